The summed E-state index contributed by atoms with van der Waals surface area (Å²) >= 11 is 0. The quantitative estimate of drug-likeness (QED) is 0.678. The first-order valence-electron chi connectivity index (χ1n) is 10.3. The summed E-state index contributed by atoms with van der Waals surface area (Å²) in [6.45, 7) is 5.50. The van der Waals surface area contributed by atoms with Crippen molar-refractivity contribution in [1.82, 2.24) is 4.90 Å². The minimum absolute atomic E-state index is 0.0500. The van der Waals surface area contributed by atoms with Gasteiger partial charge in [-0.3, -0.25) is 9.69 Å². The van der Waals surface area contributed by atoms with E-state index in [9.17, 15) is 4.79 Å². The van der Waals surface area contributed by atoms with Crippen LogP contribution in [-0.2, 0) is 12.8 Å². The molecule has 5 heteroatoms. The Labute approximate surface area is 172 Å². The Morgan fingerprint density at radius 3 is 2.69 bits per heavy atom. The number of carbonyl (C=O) groups is 1. The molecular formula is C24H29NO4. The molecule has 0 aliphatic carbocycles. The second kappa shape index (κ2) is 8.07. The monoisotopic (exact) mass is 395 g/mol. The Kier molecular flexibility index (Phi) is 5.50. The molecule has 0 fully saturated rings. The molecule has 2 aromatic rings. The Morgan fingerprint density at radius 2 is 2.00 bits per heavy atom. The van der Waals surface area contributed by atoms with Crippen molar-refractivity contribution in [3.63, 3.8) is 0 Å². The smallest absolute Gasteiger partial charge is 0.231 e. The maximum absolute atomic E-state index is 13.1. The summed E-state index contributed by atoms with van der Waals surface area (Å²) in [5, 5.41) is 0. The molecule has 1 atom stereocenters. The van der Waals surface area contributed by atoms with Crippen LogP contribution < -0.4 is 14.2 Å². The normalized spacial score (nSPS) is 18.0. The number of hydrogen-bond donors (Lipinski definition) is 0. The molecule has 0 amide bonds. The highest BCUT2D eigenvalue weighted by Crippen LogP contribution is 2.50. The summed E-state index contributed by atoms with van der Waals surface area (Å²) < 4.78 is 17.0. The summed E-state index contributed by atoms with van der Waals surface area (Å²) in [6, 6.07) is 10.1. The SMILES string of the molecule is COc1c2c(cc3c1C(CC(=O)c1ccc(CC(C)C)cc1)N(C)CC3)OCO2. The zero-order chi connectivity index (χ0) is 20.5. The molecule has 4 rings (SSSR count). The molecule has 0 saturated carbocycles. The van der Waals surface area contributed by atoms with E-state index in [-0.39, 0.29) is 18.6 Å². The number of methoxy groups -OCH3 is 1. The Hall–Kier alpha value is -2.53. The molecule has 2 heterocycles. The van der Waals surface area contributed by atoms with Crippen molar-refractivity contribution in [2.24, 2.45) is 5.92 Å². The number of carbonyl (C=O) groups excluding carboxylic acids is 1. The molecule has 2 aliphatic rings. The lowest BCUT2D eigenvalue weighted by Gasteiger charge is -2.35. The summed E-state index contributed by atoms with van der Waals surface area (Å²) in [5.41, 5.74) is 4.26. The van der Waals surface area contributed by atoms with E-state index in [0.717, 1.165) is 36.3 Å². The first kappa shape index (κ1) is 19.8. The van der Waals surface area contributed by atoms with Gasteiger partial charge in [-0.1, -0.05) is 38.1 Å². The van der Waals surface area contributed by atoms with Crippen molar-refractivity contribution in [2.75, 3.05) is 27.5 Å². The van der Waals surface area contributed by atoms with Gasteiger partial charge in [0.25, 0.3) is 0 Å². The van der Waals surface area contributed by atoms with Gasteiger partial charge in [0.2, 0.25) is 12.5 Å². The van der Waals surface area contributed by atoms with Crippen LogP contribution in [0.3, 0.4) is 0 Å². The molecule has 0 radical (unpaired) electrons. The summed E-state index contributed by atoms with van der Waals surface area (Å²) in [7, 11) is 3.72. The maximum atomic E-state index is 13.1. The average Bonchev–Trinajstić information content (AvgIpc) is 3.16. The number of ketones is 1. The lowest BCUT2D eigenvalue weighted by molar-refractivity contribution is 0.0925. The van der Waals surface area contributed by atoms with Crippen molar-refractivity contribution >= 4 is 5.78 Å². The summed E-state index contributed by atoms with van der Waals surface area (Å²) in [4.78, 5) is 15.3. The van der Waals surface area contributed by atoms with Crippen LogP contribution in [0.2, 0.25) is 0 Å². The Balaban J connectivity index is 1.62. The van der Waals surface area contributed by atoms with E-state index >= 15 is 0 Å². The highest BCUT2D eigenvalue weighted by Gasteiger charge is 2.35. The van der Waals surface area contributed by atoms with E-state index in [2.05, 4.69) is 37.9 Å². The molecule has 0 spiro atoms. The zero-order valence-electron chi connectivity index (χ0n) is 17.7. The van der Waals surface area contributed by atoms with Gasteiger partial charge in [-0.05, 0) is 43.0 Å². The Morgan fingerprint density at radius 1 is 1.24 bits per heavy atom. The minimum atomic E-state index is -0.0500. The van der Waals surface area contributed by atoms with Crippen LogP contribution in [0.15, 0.2) is 30.3 Å². The zero-order valence-corrected chi connectivity index (χ0v) is 17.7. The van der Waals surface area contributed by atoms with Gasteiger partial charge in [-0.25, -0.2) is 0 Å². The van der Waals surface area contributed by atoms with Crippen molar-refractivity contribution in [3.8, 4) is 17.2 Å². The van der Waals surface area contributed by atoms with Crippen LogP contribution in [0, 0.1) is 5.92 Å². The van der Waals surface area contributed by atoms with Crippen LogP contribution in [0.1, 0.15) is 53.4 Å². The number of hydrogen-bond acceptors (Lipinski definition) is 5. The standard InChI is InChI=1S/C24H29NO4/c1-15(2)11-16-5-7-17(8-6-16)20(26)13-19-22-18(9-10-25(19)3)12-21-23(24(22)27-4)29-14-28-21/h5-8,12,15,19H,9-11,13-14H2,1-4H3. The van der Waals surface area contributed by atoms with Crippen LogP contribution in [0.4, 0.5) is 0 Å². The lowest BCUT2D eigenvalue weighted by atomic mass is 9.87. The van der Waals surface area contributed by atoms with E-state index in [1.165, 1.54) is 11.1 Å². The van der Waals surface area contributed by atoms with Crippen molar-refractivity contribution in [1.29, 1.82) is 0 Å². The van der Waals surface area contributed by atoms with Gasteiger partial charge in [0.1, 0.15) is 0 Å². The van der Waals surface area contributed by atoms with E-state index in [1.807, 2.05) is 18.2 Å². The van der Waals surface area contributed by atoms with Gasteiger partial charge in [-0.2, -0.15) is 0 Å². The van der Waals surface area contributed by atoms with E-state index in [0.29, 0.717) is 23.8 Å². The second-order valence-corrected chi connectivity index (χ2v) is 8.39. The van der Waals surface area contributed by atoms with Gasteiger partial charge in [0.15, 0.2) is 17.3 Å². The number of Topliss-reactive ketones (excluding diaryl/α,β-unsaturated/α-hetero) is 1. The molecule has 5 nitrogen and oxygen atoms in total. The lowest BCUT2D eigenvalue weighted by Crippen LogP contribution is -2.34. The molecule has 29 heavy (non-hydrogen) atoms. The molecule has 0 N–H and O–H groups in total. The summed E-state index contributed by atoms with van der Waals surface area (Å²) in [5.74, 6) is 2.83. The molecule has 154 valence electrons. The maximum Gasteiger partial charge on any atom is 0.231 e. The fraction of sp³-hybridized carbons (Fsp3) is 0.458. The van der Waals surface area contributed by atoms with Crippen molar-refractivity contribution in [3.05, 3.63) is 52.6 Å². The molecule has 0 saturated heterocycles. The molecule has 1 unspecified atom stereocenters. The third-order valence-corrected chi connectivity index (χ3v) is 5.85. The number of fused-ring (bicyclic) bond motifs is 2. The number of likely N-dealkylation sites (N-methyl/N-ethyl adjacent to an activating group) is 1. The number of ether oxygens (including phenoxy) is 3. The van der Waals surface area contributed by atoms with Gasteiger partial charge >= 0.3 is 0 Å². The molecule has 2 aliphatic heterocycles. The van der Waals surface area contributed by atoms with Gasteiger partial charge in [-0.15, -0.1) is 0 Å². The number of nitrogens with zero attached hydrogens (tertiary/aromatic N) is 1. The van der Waals surface area contributed by atoms with Gasteiger partial charge in [0.05, 0.1) is 7.11 Å². The fourth-order valence-corrected chi connectivity index (χ4v) is 4.37. The fourth-order valence-electron chi connectivity index (χ4n) is 4.37. The Bertz CT molecular complexity index is 904. The highest BCUT2D eigenvalue weighted by atomic mass is 16.7. The average molecular weight is 395 g/mol. The molecule has 0 aromatic heterocycles. The molecular weight excluding hydrogens is 366 g/mol. The third kappa shape index (κ3) is 3.84. The highest BCUT2D eigenvalue weighted by molar-refractivity contribution is 5.96. The van der Waals surface area contributed by atoms with Gasteiger partial charge in [0, 0.05) is 30.1 Å². The topological polar surface area (TPSA) is 48.0 Å². The van der Waals surface area contributed by atoms with Crippen LogP contribution in [0.25, 0.3) is 0 Å². The van der Waals surface area contributed by atoms with E-state index < -0.39 is 0 Å². The second-order valence-electron chi connectivity index (χ2n) is 8.39. The van der Waals surface area contributed by atoms with Crippen LogP contribution in [0.5, 0.6) is 17.2 Å². The largest absolute Gasteiger partial charge is 0.492 e. The third-order valence-electron chi connectivity index (χ3n) is 5.85. The first-order chi connectivity index (χ1) is 14.0. The predicted octanol–water partition coefficient (Wildman–Crippen LogP) is 4.42. The van der Waals surface area contributed by atoms with Crippen LogP contribution in [-0.4, -0.2) is 38.2 Å². The van der Waals surface area contributed by atoms with Crippen LogP contribution >= 0.6 is 0 Å². The minimum Gasteiger partial charge on any atom is -0.492 e. The first-order valence-corrected chi connectivity index (χ1v) is 10.3. The predicted molar refractivity (Wildman–Crippen MR) is 112 cm³/mol. The number of benzene rings is 2. The summed E-state index contributed by atoms with van der Waals surface area (Å²) in [6.07, 6.45) is 2.33. The molecule has 0 bridgehead atoms. The molecule has 2 aromatic carbocycles. The van der Waals surface area contributed by atoms with E-state index in [4.69, 9.17) is 14.2 Å². The van der Waals surface area contributed by atoms with Crippen molar-refractivity contribution < 1.29 is 19.0 Å². The van der Waals surface area contributed by atoms with E-state index in [1.54, 1.807) is 7.11 Å². The van der Waals surface area contributed by atoms with Gasteiger partial charge < -0.3 is 14.2 Å². The van der Waals surface area contributed by atoms with Crippen molar-refractivity contribution in [2.45, 2.75) is 39.2 Å². The number of rotatable bonds is 6.